The Hall–Kier alpha value is -2.38. The van der Waals surface area contributed by atoms with E-state index in [1.165, 1.54) is 12.1 Å². The molecule has 6 nitrogen and oxygen atoms in total. The third kappa shape index (κ3) is 8.55. The summed E-state index contributed by atoms with van der Waals surface area (Å²) in [7, 11) is 0. The van der Waals surface area contributed by atoms with Crippen LogP contribution in [0.15, 0.2) is 23.2 Å². The number of alkyl carbamates (subject to hydrolysis) is 1. The molecule has 3 N–H and O–H groups in total. The number of aliphatic imine (C=N–C) groups is 1. The first kappa shape index (κ1) is 23.9. The van der Waals surface area contributed by atoms with Gasteiger partial charge in [-0.15, -0.1) is 0 Å². The lowest BCUT2D eigenvalue weighted by molar-refractivity contribution is 0.0490. The number of hydrogen-bond acceptors (Lipinski definition) is 3. The van der Waals surface area contributed by atoms with Crippen molar-refractivity contribution < 1.29 is 18.3 Å². The SMILES string of the molecule is CCNC(=NCCc1ccc(F)cc1F)NC1CCC(NC(=O)OC(C)(C)C)CC1. The molecule has 168 valence electrons. The fraction of sp³-hybridized carbons (Fsp3) is 0.636. The number of carbonyl (C=O) groups excluding carboxylic acids is 1. The Morgan fingerprint density at radius 3 is 2.33 bits per heavy atom. The van der Waals surface area contributed by atoms with Crippen LogP contribution < -0.4 is 16.0 Å². The van der Waals surface area contributed by atoms with Crippen LogP contribution in [0.2, 0.25) is 0 Å². The first-order chi connectivity index (χ1) is 14.2. The van der Waals surface area contributed by atoms with Gasteiger partial charge in [0.2, 0.25) is 0 Å². The highest BCUT2D eigenvalue weighted by Crippen LogP contribution is 2.19. The van der Waals surface area contributed by atoms with Crippen molar-refractivity contribution in [3.05, 3.63) is 35.4 Å². The average molecular weight is 425 g/mol. The molecule has 2 rings (SSSR count). The largest absolute Gasteiger partial charge is 0.444 e. The summed E-state index contributed by atoms with van der Waals surface area (Å²) in [6, 6.07) is 3.97. The van der Waals surface area contributed by atoms with Gasteiger partial charge >= 0.3 is 6.09 Å². The van der Waals surface area contributed by atoms with Crippen molar-refractivity contribution in [1.29, 1.82) is 0 Å². The van der Waals surface area contributed by atoms with E-state index in [4.69, 9.17) is 4.74 Å². The lowest BCUT2D eigenvalue weighted by Gasteiger charge is -2.31. The van der Waals surface area contributed by atoms with E-state index in [1.54, 1.807) is 0 Å². The van der Waals surface area contributed by atoms with Crippen molar-refractivity contribution in [2.45, 2.75) is 77.5 Å². The third-order valence-electron chi connectivity index (χ3n) is 4.80. The molecule has 1 aromatic rings. The first-order valence-electron chi connectivity index (χ1n) is 10.6. The van der Waals surface area contributed by atoms with Crippen molar-refractivity contribution in [1.82, 2.24) is 16.0 Å². The standard InChI is InChI=1S/C22H34F2N4O2/c1-5-25-20(26-13-12-15-6-7-16(23)14-19(15)24)27-17-8-10-18(11-9-17)28-21(29)30-22(2,3)4/h6-7,14,17-18H,5,8-13H2,1-4H3,(H,28,29)(H2,25,26,27). The smallest absolute Gasteiger partial charge is 0.407 e. The van der Waals surface area contributed by atoms with Gasteiger partial charge in [-0.1, -0.05) is 6.07 Å². The number of ether oxygens (including phenoxy) is 1. The topological polar surface area (TPSA) is 74.8 Å². The Labute approximate surface area is 177 Å². The van der Waals surface area contributed by atoms with E-state index in [0.29, 0.717) is 31.0 Å². The van der Waals surface area contributed by atoms with E-state index in [1.807, 2.05) is 27.7 Å². The van der Waals surface area contributed by atoms with Crippen LogP contribution in [0.5, 0.6) is 0 Å². The van der Waals surface area contributed by atoms with Crippen LogP contribution >= 0.6 is 0 Å². The predicted octanol–water partition coefficient (Wildman–Crippen LogP) is 3.90. The third-order valence-corrected chi connectivity index (χ3v) is 4.80. The average Bonchev–Trinajstić information content (AvgIpc) is 2.63. The zero-order valence-electron chi connectivity index (χ0n) is 18.4. The maximum absolute atomic E-state index is 13.8. The van der Waals surface area contributed by atoms with Gasteiger partial charge in [0.15, 0.2) is 5.96 Å². The number of carbonyl (C=O) groups is 1. The predicted molar refractivity (Wildman–Crippen MR) is 115 cm³/mol. The van der Waals surface area contributed by atoms with E-state index in [2.05, 4.69) is 20.9 Å². The van der Waals surface area contributed by atoms with Gasteiger partial charge in [-0.05, 0) is 71.4 Å². The van der Waals surface area contributed by atoms with Crippen LogP contribution in [0.1, 0.15) is 58.9 Å². The molecular weight excluding hydrogens is 390 g/mol. The molecule has 0 radical (unpaired) electrons. The normalized spacial score (nSPS) is 19.9. The van der Waals surface area contributed by atoms with Crippen LogP contribution in [0, 0.1) is 11.6 Å². The molecule has 30 heavy (non-hydrogen) atoms. The van der Waals surface area contributed by atoms with E-state index >= 15 is 0 Å². The summed E-state index contributed by atoms with van der Waals surface area (Å²) < 4.78 is 32.1. The van der Waals surface area contributed by atoms with Gasteiger partial charge in [0.1, 0.15) is 17.2 Å². The van der Waals surface area contributed by atoms with E-state index in [0.717, 1.165) is 31.7 Å². The Morgan fingerprint density at radius 1 is 1.13 bits per heavy atom. The molecule has 1 fully saturated rings. The fourth-order valence-electron chi connectivity index (χ4n) is 3.38. The second-order valence-electron chi connectivity index (χ2n) is 8.59. The summed E-state index contributed by atoms with van der Waals surface area (Å²) in [6.45, 7) is 8.64. The van der Waals surface area contributed by atoms with Crippen molar-refractivity contribution in [2.24, 2.45) is 4.99 Å². The maximum Gasteiger partial charge on any atom is 0.407 e. The van der Waals surface area contributed by atoms with Gasteiger partial charge in [-0.3, -0.25) is 4.99 Å². The molecule has 1 saturated carbocycles. The van der Waals surface area contributed by atoms with Gasteiger partial charge in [-0.2, -0.15) is 0 Å². The maximum atomic E-state index is 13.8. The van der Waals surface area contributed by atoms with Crippen molar-refractivity contribution >= 4 is 12.1 Å². The number of nitrogens with one attached hydrogen (secondary N) is 3. The number of amides is 1. The summed E-state index contributed by atoms with van der Waals surface area (Å²) in [5, 5.41) is 9.56. The fourth-order valence-corrected chi connectivity index (χ4v) is 3.38. The van der Waals surface area contributed by atoms with Crippen LogP contribution in [0.4, 0.5) is 13.6 Å². The summed E-state index contributed by atoms with van der Waals surface area (Å²) >= 11 is 0. The molecule has 1 amide bonds. The Kier molecular flexibility index (Phi) is 8.87. The molecule has 1 aliphatic rings. The van der Waals surface area contributed by atoms with Gasteiger partial charge in [-0.25, -0.2) is 13.6 Å². The minimum atomic E-state index is -0.577. The molecular formula is C22H34F2N4O2. The molecule has 8 heteroatoms. The Balaban J connectivity index is 1.80. The second-order valence-corrected chi connectivity index (χ2v) is 8.59. The molecule has 0 heterocycles. The molecule has 0 aliphatic heterocycles. The Morgan fingerprint density at radius 2 is 1.77 bits per heavy atom. The zero-order valence-corrected chi connectivity index (χ0v) is 18.4. The number of nitrogens with zero attached hydrogens (tertiary/aromatic N) is 1. The molecule has 1 aromatic carbocycles. The minimum Gasteiger partial charge on any atom is -0.444 e. The van der Waals surface area contributed by atoms with Crippen LogP contribution in [-0.4, -0.2) is 42.8 Å². The first-order valence-corrected chi connectivity index (χ1v) is 10.6. The zero-order chi connectivity index (χ0) is 22.1. The van der Waals surface area contributed by atoms with E-state index in [9.17, 15) is 13.6 Å². The van der Waals surface area contributed by atoms with Gasteiger partial charge in [0.05, 0.1) is 0 Å². The van der Waals surface area contributed by atoms with Crippen LogP contribution in [0.3, 0.4) is 0 Å². The minimum absolute atomic E-state index is 0.110. The number of rotatable bonds is 6. The van der Waals surface area contributed by atoms with Crippen LogP contribution in [0.25, 0.3) is 0 Å². The quantitative estimate of drug-likeness (QED) is 0.478. The molecule has 0 aromatic heterocycles. The van der Waals surface area contributed by atoms with Gasteiger partial charge in [0, 0.05) is 31.2 Å². The van der Waals surface area contributed by atoms with E-state index in [-0.39, 0.29) is 18.2 Å². The molecule has 0 saturated heterocycles. The number of benzene rings is 1. The summed E-state index contributed by atoms with van der Waals surface area (Å²) in [4.78, 5) is 16.4. The number of guanidine groups is 1. The molecule has 0 spiro atoms. The monoisotopic (exact) mass is 424 g/mol. The lowest BCUT2D eigenvalue weighted by atomic mass is 9.91. The second kappa shape index (κ2) is 11.1. The van der Waals surface area contributed by atoms with Gasteiger partial charge in [0.25, 0.3) is 0 Å². The summed E-state index contributed by atoms with van der Waals surface area (Å²) in [6.07, 6.45) is 3.54. The van der Waals surface area contributed by atoms with Gasteiger partial charge < -0.3 is 20.7 Å². The van der Waals surface area contributed by atoms with Crippen molar-refractivity contribution in [3.8, 4) is 0 Å². The van der Waals surface area contributed by atoms with E-state index < -0.39 is 17.2 Å². The molecule has 0 bridgehead atoms. The number of halogens is 2. The highest BCUT2D eigenvalue weighted by Gasteiger charge is 2.25. The molecule has 0 atom stereocenters. The highest BCUT2D eigenvalue weighted by atomic mass is 19.1. The Bertz CT molecular complexity index is 726. The van der Waals surface area contributed by atoms with Crippen molar-refractivity contribution in [2.75, 3.05) is 13.1 Å². The summed E-state index contributed by atoms with van der Waals surface area (Å²) in [5.41, 5.74) is -0.0543. The summed E-state index contributed by atoms with van der Waals surface area (Å²) in [5.74, 6) is -0.436. The highest BCUT2D eigenvalue weighted by molar-refractivity contribution is 5.80. The molecule has 0 unspecified atom stereocenters. The number of hydrogen-bond donors (Lipinski definition) is 3. The van der Waals surface area contributed by atoms with Crippen LogP contribution in [-0.2, 0) is 11.2 Å². The lowest BCUT2D eigenvalue weighted by Crippen LogP contribution is -2.48. The molecule has 1 aliphatic carbocycles. The van der Waals surface area contributed by atoms with Crippen molar-refractivity contribution in [3.63, 3.8) is 0 Å².